The third-order valence-corrected chi connectivity index (χ3v) is 29.1. The highest BCUT2D eigenvalue weighted by molar-refractivity contribution is 6.26. The molecule has 20 rings (SSSR count). The highest BCUT2D eigenvalue weighted by Gasteiger charge is 2.72. The molecule has 7 heterocycles. The first-order chi connectivity index (χ1) is 58.0. The van der Waals surface area contributed by atoms with Crippen LogP contribution in [0.2, 0.25) is 0 Å². The number of likely N-dealkylation sites (tertiary alicyclic amines) is 1. The molecule has 26 nitrogen and oxygen atoms in total. The molecule has 120 heavy (non-hydrogen) atoms. The fourth-order valence-corrected chi connectivity index (χ4v) is 24.0. The Morgan fingerprint density at radius 1 is 0.358 bits per heavy atom. The van der Waals surface area contributed by atoms with Crippen LogP contribution in [0.1, 0.15) is 150 Å². The summed E-state index contributed by atoms with van der Waals surface area (Å²) in [5.74, 6) is -24.7. The Morgan fingerprint density at radius 3 is 1.09 bits per heavy atom. The lowest BCUT2D eigenvalue weighted by Crippen LogP contribution is -2.53. The number of fused-ring (bicyclic) bond motifs is 27. The van der Waals surface area contributed by atoms with Gasteiger partial charge in [-0.3, -0.25) is 72.2 Å². The maximum atomic E-state index is 15.8. The number of nitrogens with zero attached hydrogens (tertiary/aromatic N) is 7. The number of ketones is 1. The number of imide groups is 6. The predicted octanol–water partition coefficient (Wildman–Crippen LogP) is 11.8. The molecule has 7 aromatic rings. The lowest BCUT2D eigenvalue weighted by atomic mass is 9.82. The third kappa shape index (κ3) is 12.2. The summed E-state index contributed by atoms with van der Waals surface area (Å²) >= 11 is 0. The second-order valence-electron chi connectivity index (χ2n) is 35.2. The Kier molecular flexibility index (Phi) is 18.6. The van der Waals surface area contributed by atoms with Crippen molar-refractivity contribution in [2.75, 3.05) is 38.2 Å². The molecule has 18 unspecified atom stereocenters. The number of unbranched alkanes of at least 4 members (excludes halogenated alkanes) is 3. The summed E-state index contributed by atoms with van der Waals surface area (Å²) in [6, 6.07) is 37.4. The van der Waals surface area contributed by atoms with E-state index in [1.54, 1.807) is 73.7 Å². The average molecular weight is 1620 g/mol. The number of esters is 2. The molecule has 0 N–H and O–H groups in total. The number of ether oxygens (including phenoxy) is 4. The number of carbonyl (C=O) groups excluding carboxylic acids is 15. The van der Waals surface area contributed by atoms with E-state index in [9.17, 15) is 33.6 Å². The van der Waals surface area contributed by atoms with Gasteiger partial charge in [0, 0.05) is 139 Å². The molecule has 13 fully saturated rings. The van der Waals surface area contributed by atoms with Crippen molar-refractivity contribution in [2.45, 2.75) is 116 Å². The summed E-state index contributed by atoms with van der Waals surface area (Å²) in [6.07, 6.45) is 12.1. The van der Waals surface area contributed by atoms with E-state index in [2.05, 4.69) is 11.9 Å². The number of aryl methyl sites for hydroxylation is 1. The molecule has 7 aliphatic carbocycles. The number of piperidine rings is 6. The van der Waals surface area contributed by atoms with Gasteiger partial charge in [-0.15, -0.1) is 0 Å². The van der Waals surface area contributed by atoms with E-state index >= 15 is 38.4 Å². The van der Waals surface area contributed by atoms with Crippen molar-refractivity contribution in [1.82, 2.24) is 9.88 Å². The Hall–Kier alpha value is -12.3. The van der Waals surface area contributed by atoms with Crippen LogP contribution in [0, 0.1) is 113 Å². The van der Waals surface area contributed by atoms with Crippen LogP contribution in [0.15, 0.2) is 158 Å². The summed E-state index contributed by atoms with van der Waals surface area (Å²) in [6.45, 7) is 4.72. The van der Waals surface area contributed by atoms with Crippen molar-refractivity contribution in [3.8, 4) is 23.0 Å². The summed E-state index contributed by atoms with van der Waals surface area (Å²) in [7, 11) is 1.42. The van der Waals surface area contributed by atoms with Crippen LogP contribution in [0.5, 0.6) is 23.0 Å². The Bertz CT molecular complexity index is 5490. The van der Waals surface area contributed by atoms with Crippen molar-refractivity contribution in [2.24, 2.45) is 107 Å². The largest absolute Gasteiger partial charge is 0.457 e. The first kappa shape index (κ1) is 76.4. The van der Waals surface area contributed by atoms with Crippen LogP contribution in [-0.2, 0) is 62.3 Å². The minimum absolute atomic E-state index is 0.00711. The molecule has 6 aliphatic heterocycles. The van der Waals surface area contributed by atoms with Crippen molar-refractivity contribution in [3.05, 3.63) is 191 Å². The van der Waals surface area contributed by atoms with Crippen molar-refractivity contribution < 1.29 is 90.9 Å². The number of hydrogen-bond acceptors (Lipinski definition) is 20. The molecule has 12 amide bonds. The zero-order chi connectivity index (χ0) is 82.9. The number of rotatable bonds is 20. The number of amides is 12. The average Bonchev–Trinajstić information content (AvgIpc) is 1.54. The molecule has 13 aliphatic rings. The number of aromatic nitrogens is 1. The van der Waals surface area contributed by atoms with E-state index in [4.69, 9.17) is 18.9 Å². The number of benzene rings is 6. The second kappa shape index (κ2) is 29.3. The fourth-order valence-electron chi connectivity index (χ4n) is 24.0. The Labute approximate surface area is 689 Å². The molecule has 0 radical (unpaired) electrons. The van der Waals surface area contributed by atoms with E-state index < -0.39 is 189 Å². The monoisotopic (exact) mass is 1620 g/mol. The van der Waals surface area contributed by atoms with Gasteiger partial charge in [0.25, 0.3) is 0 Å². The number of anilines is 5. The highest BCUT2D eigenvalue weighted by atomic mass is 16.5. The smallest absolute Gasteiger partial charge is 0.343 e. The maximum Gasteiger partial charge on any atom is 0.343 e. The molecular weight excluding hydrogens is 1530 g/mol. The van der Waals surface area contributed by atoms with Gasteiger partial charge in [0.1, 0.15) is 23.0 Å². The van der Waals surface area contributed by atoms with Crippen molar-refractivity contribution in [1.29, 1.82) is 0 Å². The predicted molar refractivity (Wildman–Crippen MR) is 427 cm³/mol. The van der Waals surface area contributed by atoms with Crippen LogP contribution >= 0.6 is 0 Å². The van der Waals surface area contributed by atoms with E-state index in [0.29, 0.717) is 22.6 Å². The van der Waals surface area contributed by atoms with Crippen LogP contribution in [-0.4, -0.2) is 118 Å². The standard InChI is InChI=1S/C94H85N7O19/c1-4-5-6-10-29-117-57-23-21-47(22-24-57)46-13-17-50(18-14-46)93(115)119-59-31-45(2)30-52(34-59)97-83(105)66-41-67(84(97)106)77-69-42-68(76(66)77)89(111)100(90(69)112)55-33-56(38-61(37-55)120-94(116)51-19-15-49(16-20-51)80(102)48-11-8-7-9-12-48)101-91(113)72-44-73(92(101)114)79-71-43-70(78(72)79)87(109)99(88(71)110)54-32-53(35-60(36-54)118-58-25-27-95-28-26-58)98-85(107)64-40-65(86(98)108)75-63-39-62(74(64)75)81(103)96(3)82(63)104/h7-9,11-20,25-28,30-38,47,57,62-79H,4-6,10,21-24,29,39-44H2,1-3H3. The molecule has 7 saturated carbocycles. The third-order valence-electron chi connectivity index (χ3n) is 29.1. The Balaban J connectivity index is 0.575. The minimum Gasteiger partial charge on any atom is -0.457 e. The topological polar surface area (TPSA) is 325 Å². The minimum atomic E-state index is -1.08. The second-order valence-corrected chi connectivity index (χ2v) is 35.2. The summed E-state index contributed by atoms with van der Waals surface area (Å²) in [5, 5.41) is 0. The molecule has 18 atom stereocenters. The van der Waals surface area contributed by atoms with E-state index in [1.807, 2.05) is 12.1 Å². The summed E-state index contributed by atoms with van der Waals surface area (Å²) in [4.78, 5) is 233. The quantitative estimate of drug-likeness (QED) is 0.0171. The van der Waals surface area contributed by atoms with Crippen LogP contribution in [0.25, 0.3) is 0 Å². The van der Waals surface area contributed by atoms with Gasteiger partial charge in [-0.05, 0) is 191 Å². The fraction of sp³-hybridized carbons (Fsp3) is 0.404. The molecular formula is C94H85N7O19. The van der Waals surface area contributed by atoms with Gasteiger partial charge in [-0.25, -0.2) is 34.1 Å². The first-order valence-electron chi connectivity index (χ1n) is 42.1. The molecule has 1 aromatic heterocycles. The molecule has 6 saturated heterocycles. The van der Waals surface area contributed by atoms with Crippen LogP contribution < -0.4 is 38.7 Å². The zero-order valence-electron chi connectivity index (χ0n) is 66.1. The van der Waals surface area contributed by atoms with Gasteiger partial charge in [0.2, 0.25) is 70.9 Å². The van der Waals surface area contributed by atoms with Gasteiger partial charge in [0.05, 0.1) is 45.7 Å². The van der Waals surface area contributed by atoms with Crippen molar-refractivity contribution in [3.63, 3.8) is 0 Å². The maximum absolute atomic E-state index is 15.8. The van der Waals surface area contributed by atoms with Crippen LogP contribution in [0.3, 0.4) is 0 Å². The Morgan fingerprint density at radius 2 is 0.700 bits per heavy atom. The molecule has 610 valence electrons. The lowest BCUT2D eigenvalue weighted by molar-refractivity contribution is -0.153. The van der Waals surface area contributed by atoms with Crippen molar-refractivity contribution >= 4 is 117 Å². The summed E-state index contributed by atoms with van der Waals surface area (Å²) < 4.78 is 24.6. The van der Waals surface area contributed by atoms with E-state index in [-0.39, 0.29) is 113 Å². The SMILES string of the molecule is CCCCCCOC1CCC(c2ccc(C(=O)Oc3cc(C)cc(N4C(=O)C5CC(C4=O)C4C6CC(C(=O)N(c7cc(OC(=O)c8ccc(C(=O)c9ccccc9)cc8)cc(N8C(=O)C9CC(C8=O)C8C%10CC(C(=O)N(c%11cc(Oc%12ccncc%12)cc(N%12C(=O)C%13CC(C%12=O)C%12C%14CC(C(=O)N(C)C%14=O)C%13%12)c%11)C%10=O)C98)c7)C6=O)C54)c3)cc2)CC1. The van der Waals surface area contributed by atoms with E-state index in [0.717, 1.165) is 73.7 Å². The van der Waals surface area contributed by atoms with Gasteiger partial charge in [-0.1, -0.05) is 80.8 Å². The van der Waals surface area contributed by atoms with Gasteiger partial charge >= 0.3 is 11.9 Å². The van der Waals surface area contributed by atoms with Gasteiger partial charge < -0.3 is 18.9 Å². The first-order valence-corrected chi connectivity index (χ1v) is 42.1. The number of hydrogen-bond donors (Lipinski definition) is 0. The molecule has 0 spiro atoms. The molecule has 12 bridgehead atoms. The lowest BCUT2D eigenvalue weighted by Gasteiger charge is -2.38. The summed E-state index contributed by atoms with van der Waals surface area (Å²) in [5.41, 5.74) is 2.28. The normalized spacial score (nSPS) is 31.0. The molecule has 6 aromatic carbocycles. The highest BCUT2D eigenvalue weighted by Crippen LogP contribution is 2.66. The zero-order valence-corrected chi connectivity index (χ0v) is 66.1. The van der Waals surface area contributed by atoms with E-state index in [1.165, 1.54) is 105 Å². The van der Waals surface area contributed by atoms with Gasteiger partial charge in [0.15, 0.2) is 5.78 Å². The van der Waals surface area contributed by atoms with Gasteiger partial charge in [-0.2, -0.15) is 0 Å². The van der Waals surface area contributed by atoms with Crippen LogP contribution in [0.4, 0.5) is 28.4 Å². The number of pyridine rings is 1. The number of carbonyl (C=O) groups is 15. The molecule has 26 heteroatoms.